The lowest BCUT2D eigenvalue weighted by molar-refractivity contribution is -0.143. The molecule has 0 saturated carbocycles. The molecule has 1 aromatic heterocycles. The number of hydrogen-bond donors (Lipinski definition) is 0. The van der Waals surface area contributed by atoms with Gasteiger partial charge in [-0.3, -0.25) is 4.79 Å². The maximum absolute atomic E-state index is 11.6. The smallest absolute Gasteiger partial charge is 0.331 e. The van der Waals surface area contributed by atoms with Crippen LogP contribution in [0.4, 0.5) is 0 Å². The molecule has 96 valence electrons. The topological polar surface area (TPSA) is 88.8 Å². The lowest BCUT2D eigenvalue weighted by Gasteiger charge is -2.09. The van der Waals surface area contributed by atoms with E-state index in [9.17, 15) is 4.79 Å². The predicted octanol–water partition coefficient (Wildman–Crippen LogP) is 1.17. The summed E-state index contributed by atoms with van der Waals surface area (Å²) >= 11 is 0. The summed E-state index contributed by atoms with van der Waals surface area (Å²) < 4.78 is 4.81. The Balaban J connectivity index is 3.08. The minimum absolute atomic E-state index is 0.116. The van der Waals surface area contributed by atoms with Crippen LogP contribution in [-0.4, -0.2) is 27.8 Å². The van der Waals surface area contributed by atoms with Crippen molar-refractivity contribution in [2.75, 3.05) is 6.61 Å². The summed E-state index contributed by atoms with van der Waals surface area (Å²) in [5.74, 6) is -1.62. The Kier molecular flexibility index (Phi) is 5.18. The van der Waals surface area contributed by atoms with Gasteiger partial charge in [-0.15, -0.1) is 5.10 Å². The first-order valence-corrected chi connectivity index (χ1v) is 5.96. The van der Waals surface area contributed by atoms with Crippen LogP contribution >= 0.6 is 0 Å². The zero-order chi connectivity index (χ0) is 13.5. The van der Waals surface area contributed by atoms with Crippen LogP contribution in [0, 0.1) is 11.3 Å². The van der Waals surface area contributed by atoms with Crippen molar-refractivity contribution in [2.24, 2.45) is 0 Å². The Morgan fingerprint density at radius 2 is 1.94 bits per heavy atom. The van der Waals surface area contributed by atoms with Gasteiger partial charge < -0.3 is 4.74 Å². The van der Waals surface area contributed by atoms with Gasteiger partial charge in [0.25, 0.3) is 0 Å². The van der Waals surface area contributed by atoms with Crippen molar-refractivity contribution in [3.8, 4) is 6.07 Å². The molecule has 1 atom stereocenters. The molecule has 0 aliphatic rings. The summed E-state index contributed by atoms with van der Waals surface area (Å²) in [5.41, 5.74) is 1.56. The van der Waals surface area contributed by atoms with Gasteiger partial charge in [0.1, 0.15) is 0 Å². The number of aryl methyl sites for hydroxylation is 2. The van der Waals surface area contributed by atoms with Gasteiger partial charge in [-0.2, -0.15) is 10.4 Å². The Bertz CT molecular complexity index is 468. The Morgan fingerprint density at radius 3 is 2.44 bits per heavy atom. The summed E-state index contributed by atoms with van der Waals surface area (Å²) in [6.07, 6.45) is 1.41. The summed E-state index contributed by atoms with van der Waals surface area (Å²) in [7, 11) is 0. The van der Waals surface area contributed by atoms with Gasteiger partial charge in [-0.25, -0.2) is 4.98 Å². The average molecular weight is 248 g/mol. The molecule has 1 rings (SSSR count). The highest BCUT2D eigenvalue weighted by molar-refractivity contribution is 5.80. The van der Waals surface area contributed by atoms with Crippen LogP contribution in [-0.2, 0) is 22.4 Å². The zero-order valence-corrected chi connectivity index (χ0v) is 10.8. The molecule has 0 radical (unpaired) electrons. The van der Waals surface area contributed by atoms with E-state index < -0.39 is 11.9 Å². The fraction of sp³-hybridized carbons (Fsp3) is 0.583. The highest BCUT2D eigenvalue weighted by Gasteiger charge is 2.26. The normalized spacial score (nSPS) is 11.7. The molecule has 0 N–H and O–H groups in total. The minimum atomic E-state index is -1.10. The Labute approximate surface area is 106 Å². The molecular weight excluding hydrogens is 232 g/mol. The Hall–Kier alpha value is -2.03. The number of rotatable bonds is 5. The first kappa shape index (κ1) is 14.0. The highest BCUT2D eigenvalue weighted by atomic mass is 16.5. The summed E-state index contributed by atoms with van der Waals surface area (Å²) in [6.45, 7) is 5.80. The van der Waals surface area contributed by atoms with Crippen LogP contribution in [0.1, 0.15) is 43.9 Å². The third-order valence-corrected chi connectivity index (χ3v) is 2.44. The molecule has 6 nitrogen and oxygen atoms in total. The molecule has 0 aromatic carbocycles. The maximum atomic E-state index is 11.6. The van der Waals surface area contributed by atoms with E-state index in [-0.39, 0.29) is 12.4 Å². The van der Waals surface area contributed by atoms with Crippen LogP contribution in [0.5, 0.6) is 0 Å². The monoisotopic (exact) mass is 248 g/mol. The van der Waals surface area contributed by atoms with E-state index in [0.717, 1.165) is 17.8 Å². The quantitative estimate of drug-likeness (QED) is 0.726. The van der Waals surface area contributed by atoms with Gasteiger partial charge in [0.05, 0.1) is 24.1 Å². The molecule has 1 aromatic rings. The van der Waals surface area contributed by atoms with Crippen molar-refractivity contribution >= 4 is 5.97 Å². The number of hydrogen-bond acceptors (Lipinski definition) is 6. The molecule has 1 unspecified atom stereocenters. The van der Waals surface area contributed by atoms with E-state index in [2.05, 4.69) is 15.2 Å². The third kappa shape index (κ3) is 3.00. The molecule has 0 amide bonds. The molecule has 0 aliphatic carbocycles. The first-order chi connectivity index (χ1) is 8.67. The lowest BCUT2D eigenvalue weighted by atomic mass is 10.1. The average Bonchev–Trinajstić information content (AvgIpc) is 2.39. The van der Waals surface area contributed by atoms with Crippen molar-refractivity contribution < 1.29 is 9.53 Å². The first-order valence-electron chi connectivity index (χ1n) is 5.96. The van der Waals surface area contributed by atoms with Gasteiger partial charge in [0, 0.05) is 0 Å². The van der Waals surface area contributed by atoms with Crippen molar-refractivity contribution in [1.29, 1.82) is 5.26 Å². The van der Waals surface area contributed by atoms with Crippen LogP contribution in [0.2, 0.25) is 0 Å². The number of nitrogens with zero attached hydrogens (tertiary/aromatic N) is 4. The number of carbonyl (C=O) groups is 1. The molecule has 0 bridgehead atoms. The summed E-state index contributed by atoms with van der Waals surface area (Å²) in [4.78, 5) is 15.8. The molecular formula is C12H16N4O2. The Morgan fingerprint density at radius 1 is 1.28 bits per heavy atom. The molecule has 6 heteroatoms. The van der Waals surface area contributed by atoms with Crippen molar-refractivity contribution in [1.82, 2.24) is 15.2 Å². The van der Waals surface area contributed by atoms with Gasteiger partial charge in [0.15, 0.2) is 5.82 Å². The zero-order valence-electron chi connectivity index (χ0n) is 10.8. The molecule has 0 aliphatic heterocycles. The van der Waals surface area contributed by atoms with E-state index >= 15 is 0 Å². The van der Waals surface area contributed by atoms with Gasteiger partial charge in [0.2, 0.25) is 5.92 Å². The number of carbonyl (C=O) groups excluding carboxylic acids is 1. The minimum Gasteiger partial charge on any atom is -0.465 e. The third-order valence-electron chi connectivity index (χ3n) is 2.44. The second-order valence-electron chi connectivity index (χ2n) is 3.58. The second-order valence-corrected chi connectivity index (χ2v) is 3.58. The van der Waals surface area contributed by atoms with Crippen molar-refractivity contribution in [2.45, 2.75) is 39.5 Å². The highest BCUT2D eigenvalue weighted by Crippen LogP contribution is 2.14. The number of ether oxygens (including phenoxy) is 1. The van der Waals surface area contributed by atoms with Crippen LogP contribution in [0.25, 0.3) is 0 Å². The van der Waals surface area contributed by atoms with Gasteiger partial charge in [-0.1, -0.05) is 13.8 Å². The van der Waals surface area contributed by atoms with Gasteiger partial charge in [-0.05, 0) is 19.8 Å². The van der Waals surface area contributed by atoms with Crippen LogP contribution in [0.3, 0.4) is 0 Å². The maximum Gasteiger partial charge on any atom is 0.331 e. The standard InChI is InChI=1S/C12H16N4O2/c1-4-9-10(5-2)15-16-11(14-9)8(7-13)12(17)18-6-3/h8H,4-6H2,1-3H3. The van der Waals surface area contributed by atoms with E-state index in [1.54, 1.807) is 6.92 Å². The molecule has 0 fully saturated rings. The van der Waals surface area contributed by atoms with E-state index in [4.69, 9.17) is 10.00 Å². The fourth-order valence-electron chi connectivity index (χ4n) is 1.52. The second kappa shape index (κ2) is 6.64. The fourth-order valence-corrected chi connectivity index (χ4v) is 1.52. The molecule has 0 saturated heterocycles. The number of esters is 1. The van der Waals surface area contributed by atoms with E-state index in [0.29, 0.717) is 6.42 Å². The van der Waals surface area contributed by atoms with E-state index in [1.807, 2.05) is 19.9 Å². The van der Waals surface area contributed by atoms with E-state index in [1.165, 1.54) is 0 Å². The molecule has 1 heterocycles. The number of aromatic nitrogens is 3. The van der Waals surface area contributed by atoms with Crippen molar-refractivity contribution in [3.63, 3.8) is 0 Å². The van der Waals surface area contributed by atoms with Gasteiger partial charge >= 0.3 is 5.97 Å². The van der Waals surface area contributed by atoms with Crippen LogP contribution < -0.4 is 0 Å². The molecule has 18 heavy (non-hydrogen) atoms. The van der Waals surface area contributed by atoms with Crippen LogP contribution in [0.15, 0.2) is 0 Å². The summed E-state index contributed by atoms with van der Waals surface area (Å²) in [5, 5.41) is 16.9. The number of nitriles is 1. The SMILES string of the molecule is CCOC(=O)C(C#N)c1nnc(CC)c(CC)n1. The lowest BCUT2D eigenvalue weighted by Crippen LogP contribution is -2.19. The predicted molar refractivity (Wildman–Crippen MR) is 63.6 cm³/mol. The largest absolute Gasteiger partial charge is 0.465 e. The summed E-state index contributed by atoms with van der Waals surface area (Å²) in [6, 6.07) is 1.85. The molecule has 0 spiro atoms. The van der Waals surface area contributed by atoms with Crippen molar-refractivity contribution in [3.05, 3.63) is 17.2 Å².